The van der Waals surface area contributed by atoms with E-state index in [-0.39, 0.29) is 23.6 Å². The molecule has 0 bridgehead atoms. The van der Waals surface area contributed by atoms with Gasteiger partial charge < -0.3 is 10.4 Å². The normalized spacial score (nSPS) is 13.0. The van der Waals surface area contributed by atoms with E-state index in [9.17, 15) is 18.0 Å². The second-order valence-corrected chi connectivity index (χ2v) is 7.93. The first kappa shape index (κ1) is 22.9. The highest BCUT2D eigenvalue weighted by molar-refractivity contribution is 7.89. The van der Waals surface area contributed by atoms with Crippen molar-refractivity contribution < 1.29 is 23.1 Å². The van der Waals surface area contributed by atoms with Gasteiger partial charge in [0.2, 0.25) is 15.9 Å². The smallest absolute Gasteiger partial charge is 0.326 e. The van der Waals surface area contributed by atoms with Gasteiger partial charge >= 0.3 is 5.97 Å². The molecule has 0 aliphatic rings. The Bertz CT molecular complexity index is 753. The number of nitrogens with one attached hydrogen (secondary N) is 1. The van der Waals surface area contributed by atoms with E-state index < -0.39 is 22.0 Å². The zero-order valence-corrected chi connectivity index (χ0v) is 16.8. The lowest BCUT2D eigenvalue weighted by Crippen LogP contribution is -2.40. The van der Waals surface area contributed by atoms with Gasteiger partial charge in [0.25, 0.3) is 0 Å². The summed E-state index contributed by atoms with van der Waals surface area (Å²) in [6, 6.07) is 5.48. The number of carbonyl (C=O) groups is 2. The van der Waals surface area contributed by atoms with Crippen molar-refractivity contribution in [1.82, 2.24) is 9.62 Å². The molecule has 0 aliphatic carbocycles. The number of rotatable bonds is 11. The molecule has 7 nitrogen and oxygen atoms in total. The number of carboxylic acid groups (broad SMARTS) is 1. The molecule has 1 rings (SSSR count). The highest BCUT2D eigenvalue weighted by Gasteiger charge is 2.21. The van der Waals surface area contributed by atoms with Crippen LogP contribution in [0.5, 0.6) is 0 Å². The highest BCUT2D eigenvalue weighted by atomic mass is 32.2. The third-order valence-electron chi connectivity index (χ3n) is 4.15. The van der Waals surface area contributed by atoms with Crippen LogP contribution in [0.4, 0.5) is 0 Å². The Morgan fingerprint density at radius 2 is 1.78 bits per heavy atom. The van der Waals surface area contributed by atoms with Crippen molar-refractivity contribution in [3.8, 4) is 0 Å². The van der Waals surface area contributed by atoms with Crippen LogP contribution < -0.4 is 5.32 Å². The van der Waals surface area contributed by atoms with Crippen LogP contribution in [0.2, 0.25) is 0 Å². The number of carbonyl (C=O) groups excluding carboxylic acids is 1. The number of sulfonamides is 1. The molecule has 0 fully saturated rings. The minimum absolute atomic E-state index is 0.127. The molecule has 1 amide bonds. The van der Waals surface area contributed by atoms with Crippen molar-refractivity contribution in [2.24, 2.45) is 0 Å². The first-order valence-corrected chi connectivity index (χ1v) is 10.4. The van der Waals surface area contributed by atoms with Crippen LogP contribution in [0.15, 0.2) is 41.3 Å². The molecular weight excluding hydrogens is 368 g/mol. The van der Waals surface area contributed by atoms with Crippen LogP contribution in [0.1, 0.15) is 39.2 Å². The predicted molar refractivity (Wildman–Crippen MR) is 104 cm³/mol. The van der Waals surface area contributed by atoms with Gasteiger partial charge in [0.15, 0.2) is 0 Å². The molecular formula is C19H28N2O5S. The van der Waals surface area contributed by atoms with E-state index in [1.807, 2.05) is 0 Å². The van der Waals surface area contributed by atoms with Crippen LogP contribution >= 0.6 is 0 Å². The maximum atomic E-state index is 12.4. The molecule has 0 saturated heterocycles. The molecule has 1 unspecified atom stereocenters. The Labute approximate surface area is 161 Å². The van der Waals surface area contributed by atoms with Gasteiger partial charge in [-0.2, -0.15) is 4.31 Å². The summed E-state index contributed by atoms with van der Waals surface area (Å²) in [4.78, 5) is 23.3. The SMILES string of the molecule is C/C=C/CC(NC(=O)CCc1ccc(S(=O)(=O)N(CC)CC)cc1)C(=O)O. The van der Waals surface area contributed by atoms with Crippen molar-refractivity contribution >= 4 is 21.9 Å². The Hall–Kier alpha value is -2.19. The number of hydrogen-bond acceptors (Lipinski definition) is 4. The fourth-order valence-corrected chi connectivity index (χ4v) is 4.02. The molecule has 0 saturated carbocycles. The van der Waals surface area contributed by atoms with Gasteiger partial charge in [0, 0.05) is 19.5 Å². The number of aryl methyl sites for hydroxylation is 1. The predicted octanol–water partition coefficient (Wildman–Crippen LogP) is 2.19. The lowest BCUT2D eigenvalue weighted by Gasteiger charge is -2.18. The number of nitrogens with zero attached hydrogens (tertiary/aromatic N) is 1. The van der Waals surface area contributed by atoms with Gasteiger partial charge in [0.1, 0.15) is 6.04 Å². The molecule has 8 heteroatoms. The van der Waals surface area contributed by atoms with E-state index in [2.05, 4.69) is 5.32 Å². The number of amides is 1. The summed E-state index contributed by atoms with van der Waals surface area (Å²) in [5.74, 6) is -1.43. The van der Waals surface area contributed by atoms with Crippen molar-refractivity contribution in [2.45, 2.75) is 51.0 Å². The third kappa shape index (κ3) is 6.80. The Morgan fingerprint density at radius 3 is 2.26 bits per heavy atom. The molecule has 1 aromatic rings. The van der Waals surface area contributed by atoms with E-state index in [0.717, 1.165) is 5.56 Å². The summed E-state index contributed by atoms with van der Waals surface area (Å²) < 4.78 is 26.3. The third-order valence-corrected chi connectivity index (χ3v) is 6.21. The largest absolute Gasteiger partial charge is 0.480 e. The molecule has 1 aromatic carbocycles. The van der Waals surface area contributed by atoms with Crippen molar-refractivity contribution in [3.63, 3.8) is 0 Å². The van der Waals surface area contributed by atoms with E-state index in [4.69, 9.17) is 5.11 Å². The average Bonchev–Trinajstić information content (AvgIpc) is 2.64. The van der Waals surface area contributed by atoms with Gasteiger partial charge in [0.05, 0.1) is 4.90 Å². The van der Waals surface area contributed by atoms with Crippen LogP contribution in [-0.2, 0) is 26.0 Å². The molecule has 0 aromatic heterocycles. The lowest BCUT2D eigenvalue weighted by molar-refractivity contribution is -0.141. The van der Waals surface area contributed by atoms with Gasteiger partial charge in [-0.05, 0) is 37.5 Å². The monoisotopic (exact) mass is 396 g/mol. The highest BCUT2D eigenvalue weighted by Crippen LogP contribution is 2.16. The van der Waals surface area contributed by atoms with Crippen molar-refractivity contribution in [1.29, 1.82) is 0 Å². The molecule has 0 heterocycles. The van der Waals surface area contributed by atoms with E-state index in [0.29, 0.717) is 19.5 Å². The number of allylic oxidation sites excluding steroid dienone is 1. The molecule has 1 atom stereocenters. The zero-order chi connectivity index (χ0) is 20.4. The Balaban J connectivity index is 2.68. The fraction of sp³-hybridized carbons (Fsp3) is 0.474. The Morgan fingerprint density at radius 1 is 1.19 bits per heavy atom. The van der Waals surface area contributed by atoms with E-state index in [1.165, 1.54) is 16.4 Å². The molecule has 0 aliphatic heterocycles. The van der Waals surface area contributed by atoms with Crippen LogP contribution in [0, 0.1) is 0 Å². The van der Waals surface area contributed by atoms with E-state index in [1.54, 1.807) is 45.1 Å². The second kappa shape index (κ2) is 10.8. The van der Waals surface area contributed by atoms with Crippen LogP contribution in [-0.4, -0.2) is 48.8 Å². The summed E-state index contributed by atoms with van der Waals surface area (Å²) in [6.45, 7) is 6.16. The first-order chi connectivity index (χ1) is 12.8. The zero-order valence-electron chi connectivity index (χ0n) is 16.0. The summed E-state index contributed by atoms with van der Waals surface area (Å²) in [7, 11) is -3.50. The summed E-state index contributed by atoms with van der Waals surface area (Å²) in [5.41, 5.74) is 0.809. The summed E-state index contributed by atoms with van der Waals surface area (Å²) in [6.07, 6.45) is 4.18. The van der Waals surface area contributed by atoms with Crippen molar-refractivity contribution in [3.05, 3.63) is 42.0 Å². The van der Waals surface area contributed by atoms with Gasteiger partial charge in [-0.3, -0.25) is 4.79 Å². The number of hydrogen-bond donors (Lipinski definition) is 2. The minimum atomic E-state index is -3.50. The molecule has 0 spiro atoms. The maximum Gasteiger partial charge on any atom is 0.326 e. The van der Waals surface area contributed by atoms with Crippen molar-refractivity contribution in [2.75, 3.05) is 13.1 Å². The number of carboxylic acids is 1. The van der Waals surface area contributed by atoms with Gasteiger partial charge in [-0.25, -0.2) is 13.2 Å². The molecule has 0 radical (unpaired) electrons. The fourth-order valence-electron chi connectivity index (χ4n) is 2.56. The second-order valence-electron chi connectivity index (χ2n) is 6.00. The summed E-state index contributed by atoms with van der Waals surface area (Å²) in [5, 5.41) is 11.6. The van der Waals surface area contributed by atoms with E-state index >= 15 is 0 Å². The van der Waals surface area contributed by atoms with Gasteiger partial charge in [-0.15, -0.1) is 0 Å². The maximum absolute atomic E-state index is 12.4. The first-order valence-electron chi connectivity index (χ1n) is 8.98. The number of benzene rings is 1. The molecule has 2 N–H and O–H groups in total. The van der Waals surface area contributed by atoms with Crippen LogP contribution in [0.3, 0.4) is 0 Å². The standard InChI is InChI=1S/C19H28N2O5S/c1-4-7-8-17(19(23)24)20-18(22)14-11-15-9-12-16(13-10-15)27(25,26)21(5-2)6-3/h4,7,9-10,12-13,17H,5-6,8,11,14H2,1-3H3,(H,20,22)(H,23,24)/b7-4+. The lowest BCUT2D eigenvalue weighted by atomic mass is 10.1. The quantitative estimate of drug-likeness (QED) is 0.558. The number of aliphatic carboxylic acids is 1. The van der Waals surface area contributed by atoms with Crippen LogP contribution in [0.25, 0.3) is 0 Å². The molecule has 150 valence electrons. The van der Waals surface area contributed by atoms with Gasteiger partial charge in [-0.1, -0.05) is 38.1 Å². The Kier molecular flexibility index (Phi) is 9.17. The average molecular weight is 397 g/mol. The topological polar surface area (TPSA) is 104 Å². The minimum Gasteiger partial charge on any atom is -0.480 e. The molecule has 27 heavy (non-hydrogen) atoms. The summed E-state index contributed by atoms with van der Waals surface area (Å²) >= 11 is 0.